The van der Waals surface area contributed by atoms with E-state index in [1.54, 1.807) is 0 Å². The number of hydrogen-bond donors (Lipinski definition) is 0. The van der Waals surface area contributed by atoms with Crippen LogP contribution in [-0.4, -0.2) is 29.4 Å². The van der Waals surface area contributed by atoms with E-state index >= 15 is 0 Å². The SMILES string of the molecule is CC(C)N1CCCC1CCCCl. The predicted octanol–water partition coefficient (Wildman–Crippen LogP) is 2.88. The minimum atomic E-state index is 0.716. The van der Waals surface area contributed by atoms with Crippen molar-refractivity contribution in [2.45, 2.75) is 51.6 Å². The second kappa shape index (κ2) is 5.08. The Morgan fingerprint density at radius 3 is 2.83 bits per heavy atom. The quantitative estimate of drug-likeness (QED) is 0.615. The van der Waals surface area contributed by atoms with Gasteiger partial charge in [-0.25, -0.2) is 0 Å². The summed E-state index contributed by atoms with van der Waals surface area (Å²) in [5, 5.41) is 0. The van der Waals surface area contributed by atoms with Gasteiger partial charge in [-0.2, -0.15) is 0 Å². The van der Waals surface area contributed by atoms with Crippen LogP contribution in [0.5, 0.6) is 0 Å². The van der Waals surface area contributed by atoms with Crippen molar-refractivity contribution in [3.8, 4) is 0 Å². The molecule has 0 aromatic heterocycles. The summed E-state index contributed by atoms with van der Waals surface area (Å²) in [6.45, 7) is 5.88. The number of likely N-dealkylation sites (tertiary alicyclic amines) is 1. The van der Waals surface area contributed by atoms with Crippen LogP contribution < -0.4 is 0 Å². The van der Waals surface area contributed by atoms with Gasteiger partial charge < -0.3 is 0 Å². The third-order valence-electron chi connectivity index (χ3n) is 2.76. The first-order valence-corrected chi connectivity index (χ1v) is 5.61. The van der Waals surface area contributed by atoms with Gasteiger partial charge in [-0.15, -0.1) is 11.6 Å². The molecule has 1 aliphatic heterocycles. The van der Waals surface area contributed by atoms with Crippen LogP contribution in [0.4, 0.5) is 0 Å². The molecule has 1 aliphatic rings. The van der Waals surface area contributed by atoms with Gasteiger partial charge in [-0.1, -0.05) is 0 Å². The predicted molar refractivity (Wildman–Crippen MR) is 54.8 cm³/mol. The van der Waals surface area contributed by atoms with Gasteiger partial charge in [-0.3, -0.25) is 4.90 Å². The van der Waals surface area contributed by atoms with Gasteiger partial charge in [0.25, 0.3) is 0 Å². The Labute approximate surface area is 81.1 Å². The fourth-order valence-electron chi connectivity index (χ4n) is 2.16. The highest BCUT2D eigenvalue weighted by Gasteiger charge is 2.25. The largest absolute Gasteiger partial charge is 0.298 e. The fourth-order valence-corrected chi connectivity index (χ4v) is 2.31. The standard InChI is InChI=1S/C10H20ClN/c1-9(2)12-8-4-6-10(12)5-3-7-11/h9-10H,3-8H2,1-2H3. The van der Waals surface area contributed by atoms with Crippen molar-refractivity contribution in [1.82, 2.24) is 4.90 Å². The Kier molecular flexibility index (Phi) is 4.38. The molecule has 1 rings (SSSR count). The van der Waals surface area contributed by atoms with Crippen LogP contribution in [0.15, 0.2) is 0 Å². The highest BCUT2D eigenvalue weighted by Crippen LogP contribution is 2.23. The average molecular weight is 190 g/mol. The summed E-state index contributed by atoms with van der Waals surface area (Å²) in [4.78, 5) is 2.62. The summed E-state index contributed by atoms with van der Waals surface area (Å²) >= 11 is 5.69. The Bertz CT molecular complexity index is 125. The van der Waals surface area contributed by atoms with Gasteiger partial charge in [0.2, 0.25) is 0 Å². The number of rotatable bonds is 4. The maximum absolute atomic E-state index is 5.69. The monoisotopic (exact) mass is 189 g/mol. The van der Waals surface area contributed by atoms with E-state index in [-0.39, 0.29) is 0 Å². The maximum Gasteiger partial charge on any atom is 0.0224 e. The van der Waals surface area contributed by atoms with Crippen molar-refractivity contribution >= 4 is 11.6 Å². The first-order chi connectivity index (χ1) is 5.75. The normalized spacial score (nSPS) is 25.5. The number of nitrogens with zero attached hydrogens (tertiary/aromatic N) is 1. The smallest absolute Gasteiger partial charge is 0.0224 e. The lowest BCUT2D eigenvalue weighted by Crippen LogP contribution is -2.35. The van der Waals surface area contributed by atoms with Crippen LogP contribution in [0.25, 0.3) is 0 Å². The summed E-state index contributed by atoms with van der Waals surface area (Å²) in [7, 11) is 0. The molecule has 0 N–H and O–H groups in total. The number of halogens is 1. The van der Waals surface area contributed by atoms with Crippen molar-refractivity contribution in [2.24, 2.45) is 0 Å². The lowest BCUT2D eigenvalue weighted by molar-refractivity contribution is 0.194. The molecular weight excluding hydrogens is 170 g/mol. The molecule has 72 valence electrons. The molecule has 2 heteroatoms. The Morgan fingerprint density at radius 2 is 2.25 bits per heavy atom. The van der Waals surface area contributed by atoms with Crippen molar-refractivity contribution in [1.29, 1.82) is 0 Å². The highest BCUT2D eigenvalue weighted by atomic mass is 35.5. The first kappa shape index (κ1) is 10.3. The Balaban J connectivity index is 2.30. The summed E-state index contributed by atoms with van der Waals surface area (Å²) < 4.78 is 0. The molecule has 1 heterocycles. The van der Waals surface area contributed by atoms with Crippen LogP contribution >= 0.6 is 11.6 Å². The van der Waals surface area contributed by atoms with Crippen molar-refractivity contribution in [2.75, 3.05) is 12.4 Å². The van der Waals surface area contributed by atoms with Crippen LogP contribution in [-0.2, 0) is 0 Å². The minimum absolute atomic E-state index is 0.716. The zero-order valence-corrected chi connectivity index (χ0v) is 8.98. The molecule has 0 aliphatic carbocycles. The van der Waals surface area contributed by atoms with Gasteiger partial charge in [0.1, 0.15) is 0 Å². The second-order valence-corrected chi connectivity index (χ2v) is 4.34. The Hall–Kier alpha value is 0.250. The third kappa shape index (κ3) is 2.63. The first-order valence-electron chi connectivity index (χ1n) is 5.07. The van der Waals surface area contributed by atoms with E-state index in [4.69, 9.17) is 11.6 Å². The molecule has 0 spiro atoms. The lowest BCUT2D eigenvalue weighted by atomic mass is 10.1. The molecule has 12 heavy (non-hydrogen) atoms. The highest BCUT2D eigenvalue weighted by molar-refractivity contribution is 6.17. The summed E-state index contributed by atoms with van der Waals surface area (Å²) in [6, 6.07) is 1.54. The van der Waals surface area contributed by atoms with E-state index < -0.39 is 0 Å². The molecule has 1 atom stereocenters. The summed E-state index contributed by atoms with van der Waals surface area (Å²) in [5.74, 6) is 0.822. The molecule has 0 aromatic carbocycles. The van der Waals surface area contributed by atoms with Crippen molar-refractivity contribution in [3.05, 3.63) is 0 Å². The minimum Gasteiger partial charge on any atom is -0.298 e. The molecule has 0 amide bonds. The van der Waals surface area contributed by atoms with Gasteiger partial charge in [0, 0.05) is 18.0 Å². The molecule has 1 unspecified atom stereocenters. The topological polar surface area (TPSA) is 3.24 Å². The van der Waals surface area contributed by atoms with Crippen LogP contribution in [0.2, 0.25) is 0 Å². The van der Waals surface area contributed by atoms with Gasteiger partial charge in [0.15, 0.2) is 0 Å². The maximum atomic E-state index is 5.69. The summed E-state index contributed by atoms with van der Waals surface area (Å²) in [5.41, 5.74) is 0. The van der Waals surface area contributed by atoms with E-state index in [9.17, 15) is 0 Å². The van der Waals surface area contributed by atoms with Crippen LogP contribution in [0.1, 0.15) is 39.5 Å². The van der Waals surface area contributed by atoms with E-state index in [1.165, 1.54) is 32.2 Å². The van der Waals surface area contributed by atoms with E-state index in [1.807, 2.05) is 0 Å². The average Bonchev–Trinajstić information content (AvgIpc) is 2.48. The molecule has 0 saturated carbocycles. The fraction of sp³-hybridized carbons (Fsp3) is 1.00. The number of alkyl halides is 1. The van der Waals surface area contributed by atoms with Gasteiger partial charge >= 0.3 is 0 Å². The van der Waals surface area contributed by atoms with E-state index in [2.05, 4.69) is 18.7 Å². The van der Waals surface area contributed by atoms with Crippen LogP contribution in [0, 0.1) is 0 Å². The number of hydrogen-bond acceptors (Lipinski definition) is 1. The van der Waals surface area contributed by atoms with Crippen LogP contribution in [0.3, 0.4) is 0 Å². The second-order valence-electron chi connectivity index (χ2n) is 3.96. The molecule has 1 fully saturated rings. The summed E-state index contributed by atoms with van der Waals surface area (Å²) in [6.07, 6.45) is 5.23. The van der Waals surface area contributed by atoms with Crippen molar-refractivity contribution < 1.29 is 0 Å². The molecule has 1 saturated heterocycles. The molecule has 0 bridgehead atoms. The van der Waals surface area contributed by atoms with E-state index in [0.717, 1.165) is 11.9 Å². The molecular formula is C10H20ClN. The zero-order valence-electron chi connectivity index (χ0n) is 8.22. The zero-order chi connectivity index (χ0) is 8.97. The molecule has 0 radical (unpaired) electrons. The van der Waals surface area contributed by atoms with Gasteiger partial charge in [-0.05, 0) is 46.1 Å². The Morgan fingerprint density at radius 1 is 1.50 bits per heavy atom. The van der Waals surface area contributed by atoms with Gasteiger partial charge in [0.05, 0.1) is 0 Å². The van der Waals surface area contributed by atoms with E-state index in [0.29, 0.717) is 6.04 Å². The molecule has 1 nitrogen and oxygen atoms in total. The third-order valence-corrected chi connectivity index (χ3v) is 3.02. The molecule has 0 aromatic rings. The van der Waals surface area contributed by atoms with Crippen molar-refractivity contribution in [3.63, 3.8) is 0 Å². The lowest BCUT2D eigenvalue weighted by Gasteiger charge is -2.28.